The third kappa shape index (κ3) is 2.00. The van der Waals surface area contributed by atoms with Gasteiger partial charge in [0.2, 0.25) is 0 Å². The summed E-state index contributed by atoms with van der Waals surface area (Å²) in [6.07, 6.45) is 2.32. The van der Waals surface area contributed by atoms with E-state index in [9.17, 15) is 4.39 Å². The van der Waals surface area contributed by atoms with E-state index < -0.39 is 0 Å². The van der Waals surface area contributed by atoms with Crippen molar-refractivity contribution >= 4 is 50.9 Å². The molecule has 1 nitrogen and oxygen atoms in total. The molecule has 0 N–H and O–H groups in total. The highest BCUT2D eigenvalue weighted by molar-refractivity contribution is 14.1. The molecule has 1 heterocycles. The molecule has 0 spiro atoms. The molecule has 1 aromatic carbocycles. The SMILES string of the molecule is Fc1c(I)cccc1N1CCCC1I. The summed E-state index contributed by atoms with van der Waals surface area (Å²) in [5.41, 5.74) is 0.758. The summed E-state index contributed by atoms with van der Waals surface area (Å²) in [5.74, 6) is -0.0725. The Hall–Kier alpha value is 0.410. The average Bonchev–Trinajstić information content (AvgIpc) is 2.57. The number of alkyl halides is 1. The Labute approximate surface area is 110 Å². The number of benzene rings is 1. The molecule has 0 radical (unpaired) electrons. The molecule has 0 bridgehead atoms. The van der Waals surface area contributed by atoms with Crippen LogP contribution in [0.25, 0.3) is 0 Å². The minimum Gasteiger partial charge on any atom is -0.357 e. The molecule has 2 rings (SSSR count). The monoisotopic (exact) mass is 417 g/mol. The summed E-state index contributed by atoms with van der Waals surface area (Å²) in [6, 6.07) is 5.59. The summed E-state index contributed by atoms with van der Waals surface area (Å²) in [4.78, 5) is 2.15. The molecule has 1 aromatic rings. The maximum atomic E-state index is 13.8. The van der Waals surface area contributed by atoms with E-state index >= 15 is 0 Å². The van der Waals surface area contributed by atoms with Crippen molar-refractivity contribution < 1.29 is 4.39 Å². The predicted octanol–water partition coefficient (Wildman–Crippen LogP) is 3.79. The lowest BCUT2D eigenvalue weighted by Crippen LogP contribution is -2.25. The minimum atomic E-state index is -0.0725. The zero-order valence-electron chi connectivity index (χ0n) is 7.51. The van der Waals surface area contributed by atoms with Crippen molar-refractivity contribution in [3.05, 3.63) is 27.6 Å². The van der Waals surface area contributed by atoms with E-state index in [1.807, 2.05) is 34.7 Å². The number of hydrogen-bond donors (Lipinski definition) is 0. The lowest BCUT2D eigenvalue weighted by Gasteiger charge is -2.23. The quantitative estimate of drug-likeness (QED) is 0.382. The van der Waals surface area contributed by atoms with Gasteiger partial charge in [0.1, 0.15) is 0 Å². The molecular weight excluding hydrogens is 407 g/mol. The molecule has 1 atom stereocenters. The molecule has 1 saturated heterocycles. The van der Waals surface area contributed by atoms with Gasteiger partial charge in [-0.25, -0.2) is 4.39 Å². The first kappa shape index (κ1) is 10.9. The Kier molecular flexibility index (Phi) is 3.51. The molecule has 4 heteroatoms. The van der Waals surface area contributed by atoms with Crippen molar-refractivity contribution in [3.8, 4) is 0 Å². The fraction of sp³-hybridized carbons (Fsp3) is 0.400. The summed E-state index contributed by atoms with van der Waals surface area (Å²) < 4.78 is 14.9. The molecule has 1 fully saturated rings. The highest BCUT2D eigenvalue weighted by atomic mass is 127. The Morgan fingerprint density at radius 1 is 1.43 bits per heavy atom. The number of rotatable bonds is 1. The van der Waals surface area contributed by atoms with Crippen LogP contribution in [-0.2, 0) is 0 Å². The van der Waals surface area contributed by atoms with Gasteiger partial charge in [-0.2, -0.15) is 0 Å². The van der Waals surface area contributed by atoms with Crippen molar-refractivity contribution in [1.29, 1.82) is 0 Å². The van der Waals surface area contributed by atoms with Crippen LogP contribution in [-0.4, -0.2) is 10.6 Å². The Bertz CT molecular complexity index is 343. The summed E-state index contributed by atoms with van der Waals surface area (Å²) >= 11 is 4.42. The maximum absolute atomic E-state index is 13.8. The molecule has 76 valence electrons. The Morgan fingerprint density at radius 3 is 2.86 bits per heavy atom. The molecule has 14 heavy (non-hydrogen) atoms. The largest absolute Gasteiger partial charge is 0.357 e. The fourth-order valence-corrected chi connectivity index (χ4v) is 3.21. The van der Waals surface area contributed by atoms with Crippen molar-refractivity contribution in [2.75, 3.05) is 11.4 Å². The normalized spacial score (nSPS) is 21.6. The van der Waals surface area contributed by atoms with Gasteiger partial charge < -0.3 is 4.90 Å². The zero-order valence-corrected chi connectivity index (χ0v) is 11.8. The van der Waals surface area contributed by atoms with E-state index in [0.29, 0.717) is 7.62 Å². The second-order valence-electron chi connectivity index (χ2n) is 3.34. The summed E-state index contributed by atoms with van der Waals surface area (Å²) in [5, 5.41) is 0. The third-order valence-electron chi connectivity index (χ3n) is 2.42. The van der Waals surface area contributed by atoms with Crippen LogP contribution in [0.3, 0.4) is 0 Å². The van der Waals surface area contributed by atoms with Crippen LogP contribution in [0.4, 0.5) is 10.1 Å². The van der Waals surface area contributed by atoms with E-state index in [0.717, 1.165) is 18.7 Å². The van der Waals surface area contributed by atoms with E-state index in [2.05, 4.69) is 27.5 Å². The Balaban J connectivity index is 2.36. The van der Waals surface area contributed by atoms with Crippen LogP contribution in [0.1, 0.15) is 12.8 Å². The van der Waals surface area contributed by atoms with Gasteiger partial charge in [0.25, 0.3) is 0 Å². The van der Waals surface area contributed by atoms with Crippen LogP contribution < -0.4 is 4.90 Å². The molecule has 1 unspecified atom stereocenters. The van der Waals surface area contributed by atoms with Crippen molar-refractivity contribution in [2.24, 2.45) is 0 Å². The van der Waals surface area contributed by atoms with Crippen LogP contribution in [0, 0.1) is 9.39 Å². The maximum Gasteiger partial charge on any atom is 0.159 e. The third-order valence-corrected chi connectivity index (χ3v) is 4.55. The van der Waals surface area contributed by atoms with Gasteiger partial charge in [0.05, 0.1) is 13.3 Å². The predicted molar refractivity (Wildman–Crippen MR) is 73.5 cm³/mol. The van der Waals surface area contributed by atoms with Gasteiger partial charge in [-0.05, 0) is 47.6 Å². The van der Waals surface area contributed by atoms with Crippen LogP contribution in [0.2, 0.25) is 0 Å². The number of nitrogens with zero attached hydrogens (tertiary/aromatic N) is 1. The van der Waals surface area contributed by atoms with E-state index in [1.54, 1.807) is 6.07 Å². The average molecular weight is 417 g/mol. The van der Waals surface area contributed by atoms with Crippen LogP contribution in [0.15, 0.2) is 18.2 Å². The molecule has 0 aromatic heterocycles. The zero-order chi connectivity index (χ0) is 10.1. The molecule has 1 aliphatic rings. The molecule has 1 aliphatic heterocycles. The van der Waals surface area contributed by atoms with E-state index in [4.69, 9.17) is 0 Å². The van der Waals surface area contributed by atoms with Crippen molar-refractivity contribution in [3.63, 3.8) is 0 Å². The van der Waals surface area contributed by atoms with Crippen molar-refractivity contribution in [2.45, 2.75) is 16.9 Å². The van der Waals surface area contributed by atoms with Gasteiger partial charge in [-0.3, -0.25) is 0 Å². The van der Waals surface area contributed by atoms with E-state index in [1.165, 1.54) is 6.42 Å². The highest BCUT2D eigenvalue weighted by Gasteiger charge is 2.24. The van der Waals surface area contributed by atoms with Gasteiger partial charge in [0.15, 0.2) is 5.82 Å². The smallest absolute Gasteiger partial charge is 0.159 e. The molecule has 0 saturated carbocycles. The molecular formula is C10H10FI2N. The number of halogens is 3. The number of anilines is 1. The van der Waals surface area contributed by atoms with Gasteiger partial charge in [-0.15, -0.1) is 0 Å². The summed E-state index contributed by atoms with van der Waals surface area (Å²) in [7, 11) is 0. The summed E-state index contributed by atoms with van der Waals surface area (Å²) in [6.45, 7) is 0.977. The minimum absolute atomic E-state index is 0.0725. The molecule has 0 aliphatic carbocycles. The fourth-order valence-electron chi connectivity index (χ4n) is 1.71. The lowest BCUT2D eigenvalue weighted by molar-refractivity contribution is 0.615. The Morgan fingerprint density at radius 2 is 2.21 bits per heavy atom. The second-order valence-corrected chi connectivity index (χ2v) is 5.94. The van der Waals surface area contributed by atoms with Crippen LogP contribution >= 0.6 is 45.2 Å². The second kappa shape index (κ2) is 4.51. The lowest BCUT2D eigenvalue weighted by atomic mass is 10.3. The standard InChI is InChI=1S/C10H10FI2N/c11-10-7(12)3-1-4-8(10)14-6-2-5-9(14)13/h1,3-4,9H,2,5-6H2. The van der Waals surface area contributed by atoms with Gasteiger partial charge in [-0.1, -0.05) is 28.7 Å². The van der Waals surface area contributed by atoms with Gasteiger partial charge in [0, 0.05) is 6.54 Å². The van der Waals surface area contributed by atoms with Crippen molar-refractivity contribution in [1.82, 2.24) is 0 Å². The highest BCUT2D eigenvalue weighted by Crippen LogP contribution is 2.32. The number of hydrogen-bond acceptors (Lipinski definition) is 1. The first-order valence-electron chi connectivity index (χ1n) is 4.55. The van der Waals surface area contributed by atoms with Crippen LogP contribution in [0.5, 0.6) is 0 Å². The van der Waals surface area contributed by atoms with E-state index in [-0.39, 0.29) is 5.82 Å². The molecule has 0 amide bonds. The van der Waals surface area contributed by atoms with Gasteiger partial charge >= 0.3 is 0 Å². The topological polar surface area (TPSA) is 3.24 Å². The first-order chi connectivity index (χ1) is 6.70. The first-order valence-corrected chi connectivity index (χ1v) is 6.87.